The molecule has 1 aliphatic heterocycles. The number of nitrogens with zero attached hydrogens (tertiary/aromatic N) is 5. The van der Waals surface area contributed by atoms with E-state index < -0.39 is 0 Å². The predicted octanol–water partition coefficient (Wildman–Crippen LogP) is 2.90. The molecule has 1 saturated heterocycles. The number of benzene rings is 1. The minimum atomic E-state index is 0.425. The van der Waals surface area contributed by atoms with Crippen LogP contribution in [0.1, 0.15) is 18.4 Å². The first-order chi connectivity index (χ1) is 14.2. The van der Waals surface area contributed by atoms with Crippen molar-refractivity contribution >= 4 is 16.6 Å². The van der Waals surface area contributed by atoms with E-state index in [0.29, 0.717) is 23.3 Å². The largest absolute Gasteiger partial charge is 0.493 e. The molecule has 1 aromatic carbocycles. The first-order valence-electron chi connectivity index (χ1n) is 9.69. The smallest absolute Gasteiger partial charge is 0.245 e. The van der Waals surface area contributed by atoms with E-state index in [1.165, 1.54) is 6.42 Å². The average Bonchev–Trinajstić information content (AvgIpc) is 2.78. The standard InChI is InChI=1S/C21H25N5O3/c1-27-17-7-6-16-18(19(17)28-2)21(29-3)25-24-20(16)26-8-4-5-14(12-26)9-15-10-22-13-23-11-15/h6-7,10-11,13-14H,4-5,8-9,12H2,1-3H3. The average molecular weight is 395 g/mol. The van der Waals surface area contributed by atoms with E-state index in [9.17, 15) is 0 Å². The van der Waals surface area contributed by atoms with Gasteiger partial charge in [-0.2, -0.15) is 0 Å². The third-order valence-electron chi connectivity index (χ3n) is 5.39. The SMILES string of the molecule is COc1ccc2c(N3CCCC(Cc4cncnc4)C3)nnc(OC)c2c1OC. The third kappa shape index (κ3) is 3.74. The molecule has 8 nitrogen and oxygen atoms in total. The van der Waals surface area contributed by atoms with Crippen LogP contribution in [0.15, 0.2) is 30.9 Å². The molecular formula is C21H25N5O3. The van der Waals surface area contributed by atoms with Crippen molar-refractivity contribution in [2.75, 3.05) is 39.3 Å². The summed E-state index contributed by atoms with van der Waals surface area (Å²) in [5.41, 5.74) is 1.16. The highest BCUT2D eigenvalue weighted by Gasteiger charge is 2.26. The first-order valence-corrected chi connectivity index (χ1v) is 9.69. The lowest BCUT2D eigenvalue weighted by molar-refractivity contribution is 0.354. The van der Waals surface area contributed by atoms with E-state index in [1.54, 1.807) is 27.7 Å². The van der Waals surface area contributed by atoms with E-state index >= 15 is 0 Å². The highest BCUT2D eigenvalue weighted by atomic mass is 16.5. The Morgan fingerprint density at radius 3 is 2.59 bits per heavy atom. The van der Waals surface area contributed by atoms with Crippen molar-refractivity contribution in [3.05, 3.63) is 36.4 Å². The fourth-order valence-corrected chi connectivity index (χ4v) is 4.09. The molecule has 152 valence electrons. The van der Waals surface area contributed by atoms with Crippen LogP contribution in [0.4, 0.5) is 5.82 Å². The van der Waals surface area contributed by atoms with Crippen LogP contribution >= 0.6 is 0 Å². The van der Waals surface area contributed by atoms with Crippen molar-refractivity contribution in [1.82, 2.24) is 20.2 Å². The molecule has 3 heterocycles. The number of fused-ring (bicyclic) bond motifs is 1. The molecule has 2 aromatic heterocycles. The highest BCUT2D eigenvalue weighted by molar-refractivity contribution is 6.01. The van der Waals surface area contributed by atoms with E-state index in [1.807, 2.05) is 24.5 Å². The fraction of sp³-hybridized carbons (Fsp3) is 0.429. The van der Waals surface area contributed by atoms with Crippen molar-refractivity contribution in [3.8, 4) is 17.4 Å². The van der Waals surface area contributed by atoms with Crippen LogP contribution in [0, 0.1) is 5.92 Å². The van der Waals surface area contributed by atoms with Gasteiger partial charge in [0.15, 0.2) is 17.3 Å². The van der Waals surface area contributed by atoms with Crippen LogP contribution in [-0.2, 0) is 6.42 Å². The molecule has 1 atom stereocenters. The summed E-state index contributed by atoms with van der Waals surface area (Å²) in [5.74, 6) is 3.02. The van der Waals surface area contributed by atoms with E-state index in [0.717, 1.165) is 48.1 Å². The zero-order valence-electron chi connectivity index (χ0n) is 17.0. The lowest BCUT2D eigenvalue weighted by atomic mass is 9.92. The van der Waals surface area contributed by atoms with Gasteiger partial charge in [-0.3, -0.25) is 0 Å². The molecule has 0 N–H and O–H groups in total. The van der Waals surface area contributed by atoms with Crippen molar-refractivity contribution < 1.29 is 14.2 Å². The maximum absolute atomic E-state index is 5.63. The number of hydrogen-bond donors (Lipinski definition) is 0. The number of methoxy groups -OCH3 is 3. The van der Waals surface area contributed by atoms with Gasteiger partial charge in [0.25, 0.3) is 0 Å². The van der Waals surface area contributed by atoms with Crippen molar-refractivity contribution in [2.24, 2.45) is 5.92 Å². The number of rotatable bonds is 6. The molecule has 0 aliphatic carbocycles. The quantitative estimate of drug-likeness (QED) is 0.630. The summed E-state index contributed by atoms with van der Waals surface area (Å²) in [6.45, 7) is 1.84. The van der Waals surface area contributed by atoms with Gasteiger partial charge in [-0.15, -0.1) is 10.2 Å². The summed E-state index contributed by atoms with van der Waals surface area (Å²) < 4.78 is 16.6. The van der Waals surface area contributed by atoms with Gasteiger partial charge in [0.2, 0.25) is 5.88 Å². The van der Waals surface area contributed by atoms with E-state index in [4.69, 9.17) is 14.2 Å². The molecule has 4 rings (SSSR count). The van der Waals surface area contributed by atoms with Crippen LogP contribution in [0.3, 0.4) is 0 Å². The number of aromatic nitrogens is 4. The normalized spacial score (nSPS) is 16.7. The van der Waals surface area contributed by atoms with Gasteiger partial charge >= 0.3 is 0 Å². The molecule has 0 bridgehead atoms. The second kappa shape index (κ2) is 8.46. The lowest BCUT2D eigenvalue weighted by Crippen LogP contribution is -2.37. The Bertz CT molecular complexity index is 983. The van der Waals surface area contributed by atoms with Gasteiger partial charge in [0, 0.05) is 30.9 Å². The van der Waals surface area contributed by atoms with Crippen molar-refractivity contribution in [1.29, 1.82) is 0 Å². The molecular weight excluding hydrogens is 370 g/mol. The van der Waals surface area contributed by atoms with Gasteiger partial charge in [0.1, 0.15) is 6.33 Å². The first kappa shape index (κ1) is 19.2. The number of ether oxygens (including phenoxy) is 3. The number of anilines is 1. The van der Waals surface area contributed by atoms with Crippen LogP contribution < -0.4 is 19.1 Å². The fourth-order valence-electron chi connectivity index (χ4n) is 4.09. The number of piperidine rings is 1. The molecule has 8 heteroatoms. The zero-order chi connectivity index (χ0) is 20.2. The third-order valence-corrected chi connectivity index (χ3v) is 5.39. The summed E-state index contributed by atoms with van der Waals surface area (Å²) in [6.07, 6.45) is 8.58. The maximum Gasteiger partial charge on any atom is 0.245 e. The predicted molar refractivity (Wildman–Crippen MR) is 110 cm³/mol. The summed E-state index contributed by atoms with van der Waals surface area (Å²) in [6, 6.07) is 3.90. The molecule has 1 aliphatic rings. The van der Waals surface area contributed by atoms with Crippen LogP contribution in [-0.4, -0.2) is 54.6 Å². The summed E-state index contributed by atoms with van der Waals surface area (Å²) in [4.78, 5) is 10.6. The van der Waals surface area contributed by atoms with Gasteiger partial charge in [-0.1, -0.05) is 0 Å². The topological polar surface area (TPSA) is 82.5 Å². The molecule has 1 unspecified atom stereocenters. The second-order valence-electron chi connectivity index (χ2n) is 7.16. The second-order valence-corrected chi connectivity index (χ2v) is 7.16. The highest BCUT2D eigenvalue weighted by Crippen LogP contribution is 2.42. The van der Waals surface area contributed by atoms with Crippen molar-refractivity contribution in [2.45, 2.75) is 19.3 Å². The van der Waals surface area contributed by atoms with Crippen LogP contribution in [0.2, 0.25) is 0 Å². The maximum atomic E-state index is 5.63. The summed E-state index contributed by atoms with van der Waals surface area (Å²) >= 11 is 0. The molecule has 0 saturated carbocycles. The molecule has 29 heavy (non-hydrogen) atoms. The Labute approximate surface area is 169 Å². The number of hydrogen-bond acceptors (Lipinski definition) is 8. The Balaban J connectivity index is 1.70. The van der Waals surface area contributed by atoms with Crippen LogP contribution in [0.25, 0.3) is 10.8 Å². The minimum Gasteiger partial charge on any atom is -0.493 e. The Morgan fingerprint density at radius 1 is 1.03 bits per heavy atom. The minimum absolute atomic E-state index is 0.425. The summed E-state index contributed by atoms with van der Waals surface area (Å²) in [7, 11) is 4.82. The van der Waals surface area contributed by atoms with Gasteiger partial charge < -0.3 is 19.1 Å². The zero-order valence-corrected chi connectivity index (χ0v) is 17.0. The van der Waals surface area contributed by atoms with Crippen molar-refractivity contribution in [3.63, 3.8) is 0 Å². The Kier molecular flexibility index (Phi) is 5.59. The van der Waals surface area contributed by atoms with E-state index in [2.05, 4.69) is 25.1 Å². The Morgan fingerprint density at radius 2 is 1.86 bits per heavy atom. The molecule has 0 spiro atoms. The van der Waals surface area contributed by atoms with Gasteiger partial charge in [-0.25, -0.2) is 9.97 Å². The summed E-state index contributed by atoms with van der Waals surface area (Å²) in [5, 5.41) is 10.5. The van der Waals surface area contributed by atoms with E-state index in [-0.39, 0.29) is 0 Å². The van der Waals surface area contributed by atoms with Crippen LogP contribution in [0.5, 0.6) is 17.4 Å². The molecule has 1 fully saturated rings. The Hall–Kier alpha value is -3.16. The monoisotopic (exact) mass is 395 g/mol. The molecule has 0 radical (unpaired) electrons. The molecule has 3 aromatic rings. The van der Waals surface area contributed by atoms with Gasteiger partial charge in [-0.05, 0) is 42.9 Å². The lowest BCUT2D eigenvalue weighted by Gasteiger charge is -2.34. The molecule has 0 amide bonds. The van der Waals surface area contributed by atoms with Gasteiger partial charge in [0.05, 0.1) is 26.7 Å².